The molecule has 0 bridgehead atoms. The predicted molar refractivity (Wildman–Crippen MR) is 93.4 cm³/mol. The fourth-order valence-corrected chi connectivity index (χ4v) is 3.14. The van der Waals surface area contributed by atoms with Gasteiger partial charge in [0.05, 0.1) is 5.56 Å². The van der Waals surface area contributed by atoms with E-state index in [9.17, 15) is 14.4 Å². The molecule has 0 saturated heterocycles. The van der Waals surface area contributed by atoms with Gasteiger partial charge >= 0.3 is 5.97 Å². The Morgan fingerprint density at radius 3 is 2.16 bits per heavy atom. The number of ketones is 2. The van der Waals surface area contributed by atoms with E-state index in [1.807, 2.05) is 12.1 Å². The lowest BCUT2D eigenvalue weighted by atomic mass is 9.82. The first-order valence-electron chi connectivity index (χ1n) is 8.50. The van der Waals surface area contributed by atoms with E-state index in [4.69, 9.17) is 4.74 Å². The molecule has 1 aliphatic carbocycles. The van der Waals surface area contributed by atoms with E-state index < -0.39 is 0 Å². The van der Waals surface area contributed by atoms with Crippen LogP contribution in [0.5, 0.6) is 0 Å². The summed E-state index contributed by atoms with van der Waals surface area (Å²) in [6.45, 7) is 0. The lowest BCUT2D eigenvalue weighted by Gasteiger charge is -2.27. The van der Waals surface area contributed by atoms with Crippen LogP contribution in [0.4, 0.5) is 0 Å². The highest BCUT2D eigenvalue weighted by Gasteiger charge is 2.32. The van der Waals surface area contributed by atoms with E-state index in [0.717, 1.165) is 0 Å². The smallest absolute Gasteiger partial charge is 0.338 e. The number of carbonyl (C=O) groups excluding carboxylic acids is 3. The summed E-state index contributed by atoms with van der Waals surface area (Å²) in [5, 5.41) is 0. The van der Waals surface area contributed by atoms with Gasteiger partial charge in [0.15, 0.2) is 5.78 Å². The molecular formula is C21H20O4. The maximum atomic E-state index is 12.3. The maximum absolute atomic E-state index is 12.3. The summed E-state index contributed by atoms with van der Waals surface area (Å²) in [5.41, 5.74) is 1.11. The van der Waals surface area contributed by atoms with E-state index in [1.165, 1.54) is 0 Å². The Balaban J connectivity index is 1.61. The van der Waals surface area contributed by atoms with Crippen LogP contribution in [-0.2, 0) is 9.53 Å². The van der Waals surface area contributed by atoms with Crippen molar-refractivity contribution in [3.8, 4) is 0 Å². The van der Waals surface area contributed by atoms with E-state index in [2.05, 4.69) is 0 Å². The molecule has 1 aliphatic rings. The first kappa shape index (κ1) is 17.1. The van der Waals surface area contributed by atoms with Crippen molar-refractivity contribution in [3.05, 3.63) is 71.8 Å². The molecule has 0 amide bonds. The van der Waals surface area contributed by atoms with Gasteiger partial charge in [0.25, 0.3) is 0 Å². The fraction of sp³-hybridized carbons (Fsp3) is 0.286. The Bertz CT molecular complexity index is 752. The molecule has 0 N–H and O–H groups in total. The van der Waals surface area contributed by atoms with E-state index >= 15 is 0 Å². The SMILES string of the molecule is O=C(CC1CC(OC(=O)c2ccccc2)CCC1=O)c1ccccc1. The minimum absolute atomic E-state index is 0.0472. The van der Waals surface area contributed by atoms with Crippen LogP contribution in [0.15, 0.2) is 60.7 Å². The average molecular weight is 336 g/mol. The third-order valence-corrected chi connectivity index (χ3v) is 4.53. The minimum atomic E-state index is -0.381. The monoisotopic (exact) mass is 336 g/mol. The number of benzene rings is 2. The second-order valence-corrected chi connectivity index (χ2v) is 6.32. The van der Waals surface area contributed by atoms with Crippen molar-refractivity contribution in [2.45, 2.75) is 31.8 Å². The molecule has 0 aliphatic heterocycles. The Morgan fingerprint density at radius 2 is 1.52 bits per heavy atom. The first-order valence-corrected chi connectivity index (χ1v) is 8.50. The second kappa shape index (κ2) is 7.88. The van der Waals surface area contributed by atoms with Crippen LogP contribution in [0, 0.1) is 5.92 Å². The molecule has 2 aromatic rings. The summed E-state index contributed by atoms with van der Waals surface area (Å²) in [6.07, 6.45) is 1.13. The van der Waals surface area contributed by atoms with Gasteiger partial charge in [0.2, 0.25) is 0 Å². The summed E-state index contributed by atoms with van der Waals surface area (Å²) in [6, 6.07) is 17.8. The normalized spacial score (nSPS) is 20.1. The fourth-order valence-electron chi connectivity index (χ4n) is 3.14. The second-order valence-electron chi connectivity index (χ2n) is 6.32. The molecule has 3 rings (SSSR count). The van der Waals surface area contributed by atoms with Crippen molar-refractivity contribution in [2.75, 3.05) is 0 Å². The summed E-state index contributed by atoms with van der Waals surface area (Å²) in [4.78, 5) is 36.7. The van der Waals surface area contributed by atoms with Gasteiger partial charge < -0.3 is 4.74 Å². The number of hydrogen-bond acceptors (Lipinski definition) is 4. The molecule has 25 heavy (non-hydrogen) atoms. The van der Waals surface area contributed by atoms with Gasteiger partial charge in [-0.1, -0.05) is 48.5 Å². The molecule has 0 heterocycles. The Kier molecular flexibility index (Phi) is 5.39. The van der Waals surface area contributed by atoms with Crippen molar-refractivity contribution < 1.29 is 19.1 Å². The maximum Gasteiger partial charge on any atom is 0.338 e. The first-order chi connectivity index (χ1) is 12.1. The van der Waals surface area contributed by atoms with Crippen LogP contribution < -0.4 is 0 Å². The van der Waals surface area contributed by atoms with E-state index in [0.29, 0.717) is 30.4 Å². The van der Waals surface area contributed by atoms with Gasteiger partial charge in [-0.05, 0) is 25.0 Å². The highest BCUT2D eigenvalue weighted by molar-refractivity contribution is 5.99. The molecule has 0 aromatic heterocycles. The van der Waals surface area contributed by atoms with Crippen LogP contribution >= 0.6 is 0 Å². The van der Waals surface area contributed by atoms with Crippen molar-refractivity contribution in [1.82, 2.24) is 0 Å². The zero-order chi connectivity index (χ0) is 17.6. The standard InChI is InChI=1S/C21H20O4/c22-19-12-11-18(25-21(24)16-9-5-2-6-10-16)13-17(19)14-20(23)15-7-3-1-4-8-15/h1-10,17-18H,11-14H2. The largest absolute Gasteiger partial charge is 0.459 e. The molecule has 1 fully saturated rings. The summed E-state index contributed by atoms with van der Waals surface area (Å²) in [5.74, 6) is -0.728. The zero-order valence-corrected chi connectivity index (χ0v) is 13.9. The van der Waals surface area contributed by atoms with E-state index in [1.54, 1.807) is 48.5 Å². The number of hydrogen-bond donors (Lipinski definition) is 0. The molecule has 2 aromatic carbocycles. The number of rotatable bonds is 5. The predicted octanol–water partition coefficient (Wildman–Crippen LogP) is 3.85. The summed E-state index contributed by atoms with van der Waals surface area (Å²) in [7, 11) is 0. The van der Waals surface area contributed by atoms with Gasteiger partial charge in [0, 0.05) is 24.3 Å². The highest BCUT2D eigenvalue weighted by atomic mass is 16.5. The summed E-state index contributed by atoms with van der Waals surface area (Å²) >= 11 is 0. The van der Waals surface area contributed by atoms with Gasteiger partial charge in [0.1, 0.15) is 11.9 Å². The van der Waals surface area contributed by atoms with Crippen LogP contribution in [0.1, 0.15) is 46.4 Å². The minimum Gasteiger partial charge on any atom is -0.459 e. The number of ether oxygens (including phenoxy) is 1. The lowest BCUT2D eigenvalue weighted by molar-refractivity contribution is -0.127. The number of Topliss-reactive ketones (excluding diaryl/α,β-unsaturated/α-hetero) is 2. The molecule has 4 heteroatoms. The topological polar surface area (TPSA) is 60.4 Å². The average Bonchev–Trinajstić information content (AvgIpc) is 2.66. The third-order valence-electron chi connectivity index (χ3n) is 4.53. The lowest BCUT2D eigenvalue weighted by Crippen LogP contribution is -2.32. The molecular weight excluding hydrogens is 316 g/mol. The van der Waals surface area contributed by atoms with Gasteiger partial charge in [-0.3, -0.25) is 9.59 Å². The van der Waals surface area contributed by atoms with Crippen molar-refractivity contribution in [1.29, 1.82) is 0 Å². The van der Waals surface area contributed by atoms with Crippen LogP contribution in [0.25, 0.3) is 0 Å². The van der Waals surface area contributed by atoms with Crippen LogP contribution in [-0.4, -0.2) is 23.6 Å². The van der Waals surface area contributed by atoms with Gasteiger partial charge in [-0.2, -0.15) is 0 Å². The number of carbonyl (C=O) groups is 3. The zero-order valence-electron chi connectivity index (χ0n) is 13.9. The van der Waals surface area contributed by atoms with Gasteiger partial charge in [-0.15, -0.1) is 0 Å². The van der Waals surface area contributed by atoms with E-state index in [-0.39, 0.29) is 36.0 Å². The molecule has 2 unspecified atom stereocenters. The number of esters is 1. The summed E-state index contributed by atoms with van der Waals surface area (Å²) < 4.78 is 5.54. The quantitative estimate of drug-likeness (QED) is 0.614. The highest BCUT2D eigenvalue weighted by Crippen LogP contribution is 2.28. The molecule has 4 nitrogen and oxygen atoms in total. The van der Waals surface area contributed by atoms with Crippen LogP contribution in [0.3, 0.4) is 0 Å². The third kappa shape index (κ3) is 4.41. The molecule has 128 valence electrons. The molecule has 2 atom stereocenters. The molecule has 0 radical (unpaired) electrons. The Morgan fingerprint density at radius 1 is 0.920 bits per heavy atom. The van der Waals surface area contributed by atoms with Gasteiger partial charge in [-0.25, -0.2) is 4.79 Å². The van der Waals surface area contributed by atoms with Crippen molar-refractivity contribution in [2.24, 2.45) is 5.92 Å². The van der Waals surface area contributed by atoms with Crippen molar-refractivity contribution >= 4 is 17.5 Å². The Hall–Kier alpha value is -2.75. The molecule has 0 spiro atoms. The van der Waals surface area contributed by atoms with Crippen LogP contribution in [0.2, 0.25) is 0 Å². The molecule has 1 saturated carbocycles. The Labute approximate surface area is 146 Å². The van der Waals surface area contributed by atoms with Crippen molar-refractivity contribution in [3.63, 3.8) is 0 Å².